The number of carboxylic acid groups (broad SMARTS) is 1. The minimum absolute atomic E-state index is 0.259. The highest BCUT2D eigenvalue weighted by Crippen LogP contribution is 2.25. The normalized spacial score (nSPS) is 22.2. The van der Waals surface area contributed by atoms with Crippen molar-refractivity contribution in [2.75, 3.05) is 13.7 Å². The van der Waals surface area contributed by atoms with Gasteiger partial charge in [0, 0.05) is 20.1 Å². The number of ether oxygens (including phenoxy) is 1. The average molecular weight is 282 g/mol. The lowest BCUT2D eigenvalue weighted by Crippen LogP contribution is -2.41. The number of amides is 1. The number of likely N-dealkylation sites (tertiary alicyclic amines) is 1. The summed E-state index contributed by atoms with van der Waals surface area (Å²) < 4.78 is 10.2. The van der Waals surface area contributed by atoms with Gasteiger partial charge in [-0.15, -0.1) is 0 Å². The van der Waals surface area contributed by atoms with E-state index in [1.54, 1.807) is 6.92 Å². The first-order chi connectivity index (χ1) is 9.49. The Bertz CT molecular complexity index is 525. The van der Waals surface area contributed by atoms with Gasteiger partial charge < -0.3 is 19.3 Å². The molecule has 1 amide bonds. The molecular weight excluding hydrogens is 264 g/mol. The highest BCUT2D eigenvalue weighted by atomic mass is 16.5. The Labute approximate surface area is 116 Å². The first-order valence-corrected chi connectivity index (χ1v) is 6.51. The SMILES string of the molecule is CCc1noc(C)c1C(=O)N1CC(OC)CC1C(=O)O. The van der Waals surface area contributed by atoms with Gasteiger partial charge in [0.1, 0.15) is 17.4 Å². The van der Waals surface area contributed by atoms with Gasteiger partial charge in [-0.25, -0.2) is 4.79 Å². The van der Waals surface area contributed by atoms with Crippen LogP contribution in [0.2, 0.25) is 0 Å². The molecule has 0 aliphatic carbocycles. The number of hydrogen-bond acceptors (Lipinski definition) is 5. The molecule has 1 aromatic rings. The minimum Gasteiger partial charge on any atom is -0.480 e. The number of aromatic nitrogens is 1. The fourth-order valence-corrected chi connectivity index (χ4v) is 2.50. The van der Waals surface area contributed by atoms with Gasteiger partial charge in [-0.05, 0) is 13.3 Å². The second-order valence-electron chi connectivity index (χ2n) is 4.82. The van der Waals surface area contributed by atoms with Gasteiger partial charge in [-0.2, -0.15) is 0 Å². The molecule has 1 aliphatic rings. The van der Waals surface area contributed by atoms with Gasteiger partial charge in [0.05, 0.1) is 11.8 Å². The van der Waals surface area contributed by atoms with Crippen LogP contribution in [0.4, 0.5) is 0 Å². The van der Waals surface area contributed by atoms with E-state index in [4.69, 9.17) is 9.26 Å². The van der Waals surface area contributed by atoms with E-state index >= 15 is 0 Å². The van der Waals surface area contributed by atoms with Crippen molar-refractivity contribution in [1.29, 1.82) is 0 Å². The lowest BCUT2D eigenvalue weighted by molar-refractivity contribution is -0.141. The van der Waals surface area contributed by atoms with E-state index in [9.17, 15) is 14.7 Å². The van der Waals surface area contributed by atoms with Crippen molar-refractivity contribution < 1.29 is 24.0 Å². The zero-order chi connectivity index (χ0) is 14.9. The van der Waals surface area contributed by atoms with E-state index in [1.165, 1.54) is 12.0 Å². The fourth-order valence-electron chi connectivity index (χ4n) is 2.50. The lowest BCUT2D eigenvalue weighted by Gasteiger charge is -2.21. The number of nitrogens with zero attached hydrogens (tertiary/aromatic N) is 2. The number of carboxylic acids is 1. The van der Waals surface area contributed by atoms with Crippen molar-refractivity contribution in [3.63, 3.8) is 0 Å². The molecule has 0 aromatic carbocycles. The number of hydrogen-bond donors (Lipinski definition) is 1. The quantitative estimate of drug-likeness (QED) is 0.880. The van der Waals surface area contributed by atoms with Gasteiger partial charge in [0.25, 0.3) is 5.91 Å². The summed E-state index contributed by atoms with van der Waals surface area (Å²) in [5.74, 6) is -0.963. The highest BCUT2D eigenvalue weighted by molar-refractivity contribution is 5.98. The number of carbonyl (C=O) groups is 2. The monoisotopic (exact) mass is 282 g/mol. The standard InChI is InChI=1S/C13H18N2O5/c1-4-9-11(7(2)20-14-9)12(16)15-6-8(19-3)5-10(15)13(17)18/h8,10H,4-6H2,1-3H3,(H,17,18). The van der Waals surface area contributed by atoms with Crippen LogP contribution in [0.3, 0.4) is 0 Å². The summed E-state index contributed by atoms with van der Waals surface area (Å²) in [6.07, 6.45) is 0.589. The Morgan fingerprint density at radius 2 is 2.25 bits per heavy atom. The summed E-state index contributed by atoms with van der Waals surface area (Å²) in [5, 5.41) is 13.1. The van der Waals surface area contributed by atoms with E-state index < -0.39 is 12.0 Å². The molecule has 2 rings (SSSR count). The van der Waals surface area contributed by atoms with Crippen molar-refractivity contribution in [2.45, 2.75) is 38.8 Å². The number of carbonyl (C=O) groups excluding carboxylic acids is 1. The van der Waals surface area contributed by atoms with Crippen LogP contribution < -0.4 is 0 Å². The topological polar surface area (TPSA) is 92.9 Å². The zero-order valence-corrected chi connectivity index (χ0v) is 11.8. The third kappa shape index (κ3) is 2.40. The Hall–Kier alpha value is -1.89. The molecule has 7 heteroatoms. The maximum absolute atomic E-state index is 12.6. The summed E-state index contributed by atoms with van der Waals surface area (Å²) in [5.41, 5.74) is 0.924. The summed E-state index contributed by atoms with van der Waals surface area (Å²) in [6.45, 7) is 3.78. The van der Waals surface area contributed by atoms with E-state index in [1.807, 2.05) is 6.92 Å². The largest absolute Gasteiger partial charge is 0.480 e. The van der Waals surface area contributed by atoms with Gasteiger partial charge in [0.2, 0.25) is 0 Å². The van der Waals surface area contributed by atoms with Crippen molar-refractivity contribution in [2.24, 2.45) is 0 Å². The van der Waals surface area contributed by atoms with Crippen LogP contribution in [0.15, 0.2) is 4.52 Å². The summed E-state index contributed by atoms with van der Waals surface area (Å²) in [6, 6.07) is -0.869. The molecule has 20 heavy (non-hydrogen) atoms. The third-order valence-corrected chi connectivity index (χ3v) is 3.62. The molecule has 0 saturated carbocycles. The second kappa shape index (κ2) is 5.62. The maximum atomic E-state index is 12.6. The predicted octanol–water partition coefficient (Wildman–Crippen LogP) is 0.860. The van der Waals surface area contributed by atoms with Crippen LogP contribution in [-0.2, 0) is 16.0 Å². The molecule has 0 spiro atoms. The van der Waals surface area contributed by atoms with Crippen LogP contribution in [0, 0.1) is 6.92 Å². The Morgan fingerprint density at radius 3 is 2.80 bits per heavy atom. The molecular formula is C13H18N2O5. The molecule has 2 unspecified atom stereocenters. The molecule has 1 aliphatic heterocycles. The van der Waals surface area contributed by atoms with Crippen LogP contribution >= 0.6 is 0 Å². The van der Waals surface area contributed by atoms with Crippen molar-refractivity contribution >= 4 is 11.9 Å². The Kier molecular flexibility index (Phi) is 4.08. The van der Waals surface area contributed by atoms with E-state index in [0.717, 1.165) is 0 Å². The van der Waals surface area contributed by atoms with Gasteiger partial charge >= 0.3 is 5.97 Å². The summed E-state index contributed by atoms with van der Waals surface area (Å²) >= 11 is 0. The molecule has 7 nitrogen and oxygen atoms in total. The number of rotatable bonds is 4. The van der Waals surface area contributed by atoms with Gasteiger partial charge in [0.15, 0.2) is 0 Å². The molecule has 0 radical (unpaired) electrons. The number of aliphatic carboxylic acids is 1. The van der Waals surface area contributed by atoms with Crippen molar-refractivity contribution in [3.05, 3.63) is 17.0 Å². The van der Waals surface area contributed by atoms with Gasteiger partial charge in [-0.3, -0.25) is 4.79 Å². The third-order valence-electron chi connectivity index (χ3n) is 3.62. The van der Waals surface area contributed by atoms with Crippen molar-refractivity contribution in [3.8, 4) is 0 Å². The average Bonchev–Trinajstić information content (AvgIpc) is 3.01. The molecule has 0 bridgehead atoms. The zero-order valence-electron chi connectivity index (χ0n) is 11.8. The lowest BCUT2D eigenvalue weighted by atomic mass is 10.1. The number of methoxy groups -OCH3 is 1. The molecule has 110 valence electrons. The molecule has 1 aromatic heterocycles. The van der Waals surface area contributed by atoms with E-state index in [-0.39, 0.29) is 18.6 Å². The fraction of sp³-hybridized carbons (Fsp3) is 0.615. The van der Waals surface area contributed by atoms with Gasteiger partial charge in [-0.1, -0.05) is 12.1 Å². The van der Waals surface area contributed by atoms with Crippen LogP contribution in [0.25, 0.3) is 0 Å². The van der Waals surface area contributed by atoms with E-state index in [2.05, 4.69) is 5.16 Å². The number of aryl methyl sites for hydroxylation is 2. The Morgan fingerprint density at radius 1 is 1.55 bits per heavy atom. The smallest absolute Gasteiger partial charge is 0.326 e. The minimum atomic E-state index is -1.02. The van der Waals surface area contributed by atoms with Crippen molar-refractivity contribution in [1.82, 2.24) is 10.1 Å². The van der Waals surface area contributed by atoms with Crippen LogP contribution in [-0.4, -0.2) is 52.8 Å². The second-order valence-corrected chi connectivity index (χ2v) is 4.82. The highest BCUT2D eigenvalue weighted by Gasteiger charge is 2.41. The molecule has 2 heterocycles. The molecule has 2 atom stereocenters. The van der Waals surface area contributed by atoms with Crippen LogP contribution in [0.5, 0.6) is 0 Å². The molecule has 1 saturated heterocycles. The summed E-state index contributed by atoms with van der Waals surface area (Å²) in [4.78, 5) is 25.2. The van der Waals surface area contributed by atoms with E-state index in [0.29, 0.717) is 29.9 Å². The predicted molar refractivity (Wildman–Crippen MR) is 68.5 cm³/mol. The summed E-state index contributed by atoms with van der Waals surface area (Å²) in [7, 11) is 1.51. The first-order valence-electron chi connectivity index (χ1n) is 6.51. The Balaban J connectivity index is 2.31. The first kappa shape index (κ1) is 14.5. The maximum Gasteiger partial charge on any atom is 0.326 e. The molecule has 1 N–H and O–H groups in total. The van der Waals surface area contributed by atoms with Crippen LogP contribution in [0.1, 0.15) is 35.2 Å². The molecule has 1 fully saturated rings.